The van der Waals surface area contributed by atoms with Crippen LogP contribution >= 0.6 is 11.6 Å². The van der Waals surface area contributed by atoms with E-state index in [0.717, 1.165) is 24.9 Å². The van der Waals surface area contributed by atoms with E-state index in [4.69, 9.17) is 11.6 Å². The Morgan fingerprint density at radius 1 is 1.23 bits per heavy atom. The Kier molecular flexibility index (Phi) is 4.78. The van der Waals surface area contributed by atoms with Crippen molar-refractivity contribution in [1.82, 2.24) is 9.62 Å². The van der Waals surface area contributed by atoms with Crippen LogP contribution in [0.4, 0.5) is 0 Å². The second kappa shape index (κ2) is 6.48. The van der Waals surface area contributed by atoms with E-state index in [1.807, 2.05) is 6.92 Å². The molecule has 122 valence electrons. The molecular formula is C16H23ClN2O2S. The van der Waals surface area contributed by atoms with E-state index in [1.165, 1.54) is 12.8 Å². The number of hydrogen-bond acceptors (Lipinski definition) is 3. The number of aryl methyl sites for hydroxylation is 1. The highest BCUT2D eigenvalue weighted by atomic mass is 35.5. The Morgan fingerprint density at radius 2 is 1.95 bits per heavy atom. The third-order valence-electron chi connectivity index (χ3n) is 4.93. The minimum atomic E-state index is -3.43. The van der Waals surface area contributed by atoms with Crippen molar-refractivity contribution in [3.8, 4) is 0 Å². The van der Waals surface area contributed by atoms with Crippen molar-refractivity contribution in [1.29, 1.82) is 0 Å². The fourth-order valence-electron chi connectivity index (χ4n) is 3.62. The lowest BCUT2D eigenvalue weighted by atomic mass is 9.89. The lowest BCUT2D eigenvalue weighted by Crippen LogP contribution is -2.43. The molecule has 1 atom stereocenters. The molecule has 1 N–H and O–H groups in total. The van der Waals surface area contributed by atoms with Crippen LogP contribution in [0.15, 0.2) is 23.1 Å². The van der Waals surface area contributed by atoms with E-state index in [1.54, 1.807) is 22.5 Å². The van der Waals surface area contributed by atoms with Crippen LogP contribution in [0.1, 0.15) is 31.2 Å². The molecule has 0 aliphatic carbocycles. The van der Waals surface area contributed by atoms with Crippen molar-refractivity contribution < 1.29 is 8.42 Å². The standard InChI is InChI=1S/C16H23ClN2O2S/c1-12-4-5-14(17)11-16(12)22(20,21)19-9-6-13(7-10-19)15-3-2-8-18-15/h4-5,11,13,15,18H,2-3,6-10H2,1H3. The van der Waals surface area contributed by atoms with Gasteiger partial charge in [0, 0.05) is 24.2 Å². The summed E-state index contributed by atoms with van der Waals surface area (Å²) < 4.78 is 27.3. The van der Waals surface area contributed by atoms with E-state index < -0.39 is 10.0 Å². The van der Waals surface area contributed by atoms with E-state index in [9.17, 15) is 8.42 Å². The lowest BCUT2D eigenvalue weighted by molar-refractivity contribution is 0.234. The average Bonchev–Trinajstić information content (AvgIpc) is 3.04. The van der Waals surface area contributed by atoms with Crippen LogP contribution in [0, 0.1) is 12.8 Å². The number of benzene rings is 1. The smallest absolute Gasteiger partial charge is 0.243 e. The van der Waals surface area contributed by atoms with Gasteiger partial charge in [0.1, 0.15) is 0 Å². The average molecular weight is 343 g/mol. The summed E-state index contributed by atoms with van der Waals surface area (Å²) in [5.41, 5.74) is 0.754. The van der Waals surface area contributed by atoms with Crippen LogP contribution in [-0.2, 0) is 10.0 Å². The molecule has 1 unspecified atom stereocenters. The maximum atomic E-state index is 12.8. The maximum absolute atomic E-state index is 12.8. The zero-order valence-electron chi connectivity index (χ0n) is 12.9. The Labute approximate surface area is 137 Å². The number of halogens is 1. The molecule has 1 aromatic carbocycles. The van der Waals surface area contributed by atoms with Crippen molar-refractivity contribution in [2.75, 3.05) is 19.6 Å². The number of nitrogens with one attached hydrogen (secondary N) is 1. The third-order valence-corrected chi connectivity index (χ3v) is 7.21. The molecule has 4 nitrogen and oxygen atoms in total. The largest absolute Gasteiger partial charge is 0.314 e. The predicted octanol–water partition coefficient (Wildman–Crippen LogP) is 2.80. The minimum Gasteiger partial charge on any atom is -0.314 e. The molecule has 3 rings (SSSR count). The second-order valence-corrected chi connectivity index (χ2v) is 8.70. The van der Waals surface area contributed by atoms with E-state index in [2.05, 4.69) is 5.32 Å². The Morgan fingerprint density at radius 3 is 2.59 bits per heavy atom. The molecule has 6 heteroatoms. The van der Waals surface area contributed by atoms with Gasteiger partial charge in [-0.15, -0.1) is 0 Å². The van der Waals surface area contributed by atoms with Crippen LogP contribution in [0.25, 0.3) is 0 Å². The third kappa shape index (κ3) is 3.18. The zero-order valence-corrected chi connectivity index (χ0v) is 14.5. The summed E-state index contributed by atoms with van der Waals surface area (Å²) >= 11 is 5.98. The van der Waals surface area contributed by atoms with E-state index in [0.29, 0.717) is 35.0 Å². The number of sulfonamides is 1. The van der Waals surface area contributed by atoms with Gasteiger partial charge in [0.15, 0.2) is 0 Å². The highest BCUT2D eigenvalue weighted by Crippen LogP contribution is 2.30. The van der Waals surface area contributed by atoms with Crippen LogP contribution in [-0.4, -0.2) is 38.4 Å². The summed E-state index contributed by atoms with van der Waals surface area (Å²) in [5, 5.41) is 4.01. The molecule has 0 bridgehead atoms. The molecule has 2 aliphatic rings. The minimum absolute atomic E-state index is 0.345. The first-order chi connectivity index (χ1) is 10.5. The van der Waals surface area contributed by atoms with Gasteiger partial charge in [0.25, 0.3) is 0 Å². The van der Waals surface area contributed by atoms with Gasteiger partial charge in [-0.2, -0.15) is 4.31 Å². The Balaban J connectivity index is 1.73. The normalized spacial score (nSPS) is 24.7. The van der Waals surface area contributed by atoms with Crippen molar-refractivity contribution >= 4 is 21.6 Å². The van der Waals surface area contributed by atoms with Gasteiger partial charge in [-0.1, -0.05) is 17.7 Å². The maximum Gasteiger partial charge on any atom is 0.243 e. The summed E-state index contributed by atoms with van der Waals surface area (Å²) in [7, 11) is -3.43. The molecule has 2 saturated heterocycles. The second-order valence-electron chi connectivity index (χ2n) is 6.35. The van der Waals surface area contributed by atoms with Crippen LogP contribution in [0.5, 0.6) is 0 Å². The molecule has 0 aromatic heterocycles. The number of hydrogen-bond donors (Lipinski definition) is 1. The number of nitrogens with zero attached hydrogens (tertiary/aromatic N) is 1. The van der Waals surface area contributed by atoms with Gasteiger partial charge in [0.05, 0.1) is 4.90 Å². The van der Waals surface area contributed by atoms with Gasteiger partial charge in [-0.05, 0) is 62.8 Å². The van der Waals surface area contributed by atoms with Gasteiger partial charge >= 0.3 is 0 Å². The predicted molar refractivity (Wildman–Crippen MR) is 88.7 cm³/mol. The Bertz CT molecular complexity index is 634. The molecule has 0 spiro atoms. The van der Waals surface area contributed by atoms with Crippen LogP contribution in [0.3, 0.4) is 0 Å². The van der Waals surface area contributed by atoms with Crippen molar-refractivity contribution in [3.63, 3.8) is 0 Å². The quantitative estimate of drug-likeness (QED) is 0.919. The first-order valence-corrected chi connectivity index (χ1v) is 9.80. The van der Waals surface area contributed by atoms with Crippen LogP contribution in [0.2, 0.25) is 5.02 Å². The molecule has 0 amide bonds. The zero-order chi connectivity index (χ0) is 15.7. The van der Waals surface area contributed by atoms with Gasteiger partial charge in [0.2, 0.25) is 10.0 Å². The molecular weight excluding hydrogens is 320 g/mol. The molecule has 0 saturated carbocycles. The molecule has 2 heterocycles. The summed E-state index contributed by atoms with van der Waals surface area (Å²) in [6.45, 7) is 4.14. The van der Waals surface area contributed by atoms with Gasteiger partial charge < -0.3 is 5.32 Å². The highest BCUT2D eigenvalue weighted by Gasteiger charge is 2.34. The molecule has 1 aromatic rings. The summed E-state index contributed by atoms with van der Waals surface area (Å²) in [6, 6.07) is 5.65. The molecule has 0 radical (unpaired) electrons. The van der Waals surface area contributed by atoms with Crippen molar-refractivity contribution in [3.05, 3.63) is 28.8 Å². The van der Waals surface area contributed by atoms with E-state index >= 15 is 0 Å². The summed E-state index contributed by atoms with van der Waals surface area (Å²) in [4.78, 5) is 0.345. The lowest BCUT2D eigenvalue weighted by Gasteiger charge is -2.34. The van der Waals surface area contributed by atoms with E-state index in [-0.39, 0.29) is 0 Å². The molecule has 2 aliphatic heterocycles. The monoisotopic (exact) mass is 342 g/mol. The summed E-state index contributed by atoms with van der Waals surface area (Å²) in [5.74, 6) is 0.606. The molecule has 2 fully saturated rings. The van der Waals surface area contributed by atoms with Crippen molar-refractivity contribution in [2.24, 2.45) is 5.92 Å². The Hall–Kier alpha value is -0.620. The molecule has 22 heavy (non-hydrogen) atoms. The SMILES string of the molecule is Cc1ccc(Cl)cc1S(=O)(=O)N1CCC(C2CCCN2)CC1. The fraction of sp³-hybridized carbons (Fsp3) is 0.625. The number of piperidine rings is 1. The fourth-order valence-corrected chi connectivity index (χ4v) is 5.58. The van der Waals surface area contributed by atoms with Gasteiger partial charge in [-0.25, -0.2) is 8.42 Å². The van der Waals surface area contributed by atoms with Gasteiger partial charge in [-0.3, -0.25) is 0 Å². The highest BCUT2D eigenvalue weighted by molar-refractivity contribution is 7.89. The van der Waals surface area contributed by atoms with Crippen LogP contribution < -0.4 is 5.32 Å². The topological polar surface area (TPSA) is 49.4 Å². The first-order valence-electron chi connectivity index (χ1n) is 7.98. The first kappa shape index (κ1) is 16.2. The summed E-state index contributed by atoms with van der Waals surface area (Å²) in [6.07, 6.45) is 4.35. The van der Waals surface area contributed by atoms with Crippen molar-refractivity contribution in [2.45, 2.75) is 43.5 Å². The number of rotatable bonds is 3.